The zero-order chi connectivity index (χ0) is 35.4. The molecule has 8 nitrogen and oxygen atoms in total. The Morgan fingerprint density at radius 1 is 0.500 bits per heavy atom. The topological polar surface area (TPSA) is 108 Å². The van der Waals surface area contributed by atoms with Gasteiger partial charge in [0.25, 0.3) is 0 Å². The van der Waals surface area contributed by atoms with Gasteiger partial charge in [-0.15, -0.1) is 0 Å². The number of rotatable bonds is 38. The van der Waals surface area contributed by atoms with E-state index in [1.807, 2.05) is 0 Å². The minimum absolute atomic E-state index is 0.217. The number of phosphoric acid groups is 1. The van der Waals surface area contributed by atoms with Crippen molar-refractivity contribution in [2.24, 2.45) is 0 Å². The van der Waals surface area contributed by atoms with Gasteiger partial charge in [-0.25, -0.2) is 4.57 Å². The first-order valence-electron chi connectivity index (χ1n) is 20.2. The Hall–Kier alpha value is -0.950. The van der Waals surface area contributed by atoms with Crippen molar-refractivity contribution in [3.05, 3.63) is 0 Å². The van der Waals surface area contributed by atoms with Crippen molar-refractivity contribution in [1.29, 1.82) is 0 Å². The summed E-state index contributed by atoms with van der Waals surface area (Å²) in [5.74, 6) is -0.789. The van der Waals surface area contributed by atoms with Crippen LogP contribution >= 0.6 is 7.82 Å². The van der Waals surface area contributed by atoms with Crippen LogP contribution < -0.4 is 0 Å². The van der Waals surface area contributed by atoms with Crippen LogP contribution in [0.25, 0.3) is 0 Å². The zero-order valence-corrected chi connectivity index (χ0v) is 32.6. The van der Waals surface area contributed by atoms with Crippen LogP contribution in [0, 0.1) is 0 Å². The van der Waals surface area contributed by atoms with Gasteiger partial charge in [-0.3, -0.25) is 18.6 Å². The number of hydrogen-bond donors (Lipinski definition) is 1. The molecule has 0 aliphatic carbocycles. The average Bonchev–Trinajstić information content (AvgIpc) is 3.07. The van der Waals surface area contributed by atoms with E-state index in [0.29, 0.717) is 6.42 Å². The molecule has 0 heterocycles. The molecule has 0 saturated heterocycles. The first-order chi connectivity index (χ1) is 23.3. The third-order valence-electron chi connectivity index (χ3n) is 9.10. The fourth-order valence-corrected chi connectivity index (χ4v) is 6.41. The highest BCUT2D eigenvalue weighted by atomic mass is 31.2. The predicted octanol–water partition coefficient (Wildman–Crippen LogP) is 12.3. The molecule has 2 atom stereocenters. The van der Waals surface area contributed by atoms with Crippen LogP contribution in [0.1, 0.15) is 213 Å². The van der Waals surface area contributed by atoms with Crippen molar-refractivity contribution in [3.8, 4) is 0 Å². The average molecular weight is 705 g/mol. The van der Waals surface area contributed by atoms with E-state index in [1.165, 1.54) is 148 Å². The molecule has 0 aromatic heterocycles. The smallest absolute Gasteiger partial charge is 0.462 e. The maximum absolute atomic E-state index is 12.5. The highest BCUT2D eigenvalue weighted by Gasteiger charge is 2.24. The minimum Gasteiger partial charge on any atom is -0.462 e. The maximum Gasteiger partial charge on any atom is 0.472 e. The van der Waals surface area contributed by atoms with E-state index in [1.54, 1.807) is 0 Å². The monoisotopic (exact) mass is 705 g/mol. The molecule has 2 unspecified atom stereocenters. The van der Waals surface area contributed by atoms with E-state index in [-0.39, 0.29) is 19.0 Å². The largest absolute Gasteiger partial charge is 0.472 e. The summed E-state index contributed by atoms with van der Waals surface area (Å²) in [6.45, 7) is 3.91. The van der Waals surface area contributed by atoms with Crippen molar-refractivity contribution in [2.45, 2.75) is 219 Å². The molecular formula is C39H77O8P. The van der Waals surface area contributed by atoms with E-state index in [4.69, 9.17) is 14.0 Å². The van der Waals surface area contributed by atoms with Crippen molar-refractivity contribution < 1.29 is 37.6 Å². The molecule has 48 heavy (non-hydrogen) atoms. The van der Waals surface area contributed by atoms with Crippen molar-refractivity contribution >= 4 is 19.8 Å². The number of hydrogen-bond acceptors (Lipinski definition) is 7. The predicted molar refractivity (Wildman–Crippen MR) is 198 cm³/mol. The number of carbonyl (C=O) groups excluding carboxylic acids is 2. The molecule has 0 bridgehead atoms. The first-order valence-corrected chi connectivity index (χ1v) is 21.7. The molecule has 9 heteroatoms. The van der Waals surface area contributed by atoms with Gasteiger partial charge in [-0.2, -0.15) is 0 Å². The van der Waals surface area contributed by atoms with Crippen LogP contribution in [0.15, 0.2) is 0 Å². The van der Waals surface area contributed by atoms with Gasteiger partial charge in [0.15, 0.2) is 6.10 Å². The van der Waals surface area contributed by atoms with Gasteiger partial charge in [0.2, 0.25) is 0 Å². The van der Waals surface area contributed by atoms with Gasteiger partial charge in [-0.05, 0) is 12.8 Å². The second-order valence-corrected chi connectivity index (χ2v) is 15.3. The van der Waals surface area contributed by atoms with Gasteiger partial charge in [0, 0.05) is 20.0 Å². The van der Waals surface area contributed by atoms with Crippen LogP contribution in [0.2, 0.25) is 0 Å². The Bertz CT molecular complexity index is 762. The summed E-state index contributed by atoms with van der Waals surface area (Å²) in [5, 5.41) is 0. The van der Waals surface area contributed by atoms with E-state index >= 15 is 0 Å². The van der Waals surface area contributed by atoms with Crippen LogP contribution in [0.3, 0.4) is 0 Å². The highest BCUT2D eigenvalue weighted by Crippen LogP contribution is 2.42. The summed E-state index contributed by atoms with van der Waals surface area (Å²) in [5.41, 5.74) is 0. The van der Waals surface area contributed by atoms with Crippen LogP contribution in [-0.2, 0) is 32.7 Å². The number of phosphoric ester groups is 1. The van der Waals surface area contributed by atoms with Gasteiger partial charge in [0.1, 0.15) is 6.61 Å². The standard InChI is InChI=1S/C39H77O8P/c1-4-6-8-10-12-14-16-18-19-20-22-24-26-28-30-32-34-39(41)47-37(36-46-48(42,43)44-3)35-45-38(40)33-31-29-27-25-23-21-17-15-13-11-9-7-5-2/h37H,4-36H2,1-3H3,(H,42,43). The molecule has 0 spiro atoms. The Kier molecular flexibility index (Phi) is 35.2. The van der Waals surface area contributed by atoms with Crippen molar-refractivity contribution in [1.82, 2.24) is 0 Å². The normalized spacial score (nSPS) is 13.3. The fourth-order valence-electron chi connectivity index (χ4n) is 5.95. The fraction of sp³-hybridized carbons (Fsp3) is 0.949. The molecule has 0 aliphatic rings. The lowest BCUT2D eigenvalue weighted by Crippen LogP contribution is -2.29. The van der Waals surface area contributed by atoms with Gasteiger partial charge in [-0.1, -0.05) is 187 Å². The van der Waals surface area contributed by atoms with Crippen LogP contribution in [-0.4, -0.2) is 43.3 Å². The Morgan fingerprint density at radius 3 is 1.15 bits per heavy atom. The lowest BCUT2D eigenvalue weighted by molar-refractivity contribution is -0.161. The quantitative estimate of drug-likeness (QED) is 0.0384. The maximum atomic E-state index is 12.5. The van der Waals surface area contributed by atoms with Gasteiger partial charge >= 0.3 is 19.8 Å². The minimum atomic E-state index is -4.25. The van der Waals surface area contributed by atoms with Crippen LogP contribution in [0.4, 0.5) is 0 Å². The molecule has 0 radical (unpaired) electrons. The first kappa shape index (κ1) is 47.0. The molecule has 0 aliphatic heterocycles. The summed E-state index contributed by atoms with van der Waals surface area (Å²) in [6.07, 6.45) is 35.8. The Morgan fingerprint density at radius 2 is 0.812 bits per heavy atom. The molecule has 0 aromatic rings. The lowest BCUT2D eigenvalue weighted by Gasteiger charge is -2.19. The van der Waals surface area contributed by atoms with Gasteiger partial charge < -0.3 is 14.4 Å². The van der Waals surface area contributed by atoms with E-state index in [0.717, 1.165) is 45.6 Å². The second-order valence-electron chi connectivity index (χ2n) is 13.8. The third-order valence-corrected chi connectivity index (χ3v) is 10.0. The van der Waals surface area contributed by atoms with Crippen LogP contribution in [0.5, 0.6) is 0 Å². The van der Waals surface area contributed by atoms with Gasteiger partial charge in [0.05, 0.1) is 6.61 Å². The van der Waals surface area contributed by atoms with E-state index < -0.39 is 26.5 Å². The summed E-state index contributed by atoms with van der Waals surface area (Å²) in [7, 11) is -3.18. The molecule has 0 aromatic carbocycles. The van der Waals surface area contributed by atoms with E-state index in [9.17, 15) is 19.0 Å². The van der Waals surface area contributed by atoms with Crippen molar-refractivity contribution in [2.75, 3.05) is 20.3 Å². The molecule has 0 fully saturated rings. The third kappa shape index (κ3) is 34.9. The highest BCUT2D eigenvalue weighted by molar-refractivity contribution is 7.47. The zero-order valence-electron chi connectivity index (χ0n) is 31.7. The number of carbonyl (C=O) groups is 2. The van der Waals surface area contributed by atoms with Crippen molar-refractivity contribution in [3.63, 3.8) is 0 Å². The molecule has 1 N–H and O–H groups in total. The molecule has 0 rings (SSSR count). The molecule has 0 saturated carbocycles. The summed E-state index contributed by atoms with van der Waals surface area (Å²) in [6, 6.07) is 0. The number of unbranched alkanes of at least 4 members (excludes halogenated alkanes) is 27. The number of esters is 2. The molecule has 286 valence electrons. The van der Waals surface area contributed by atoms with E-state index in [2.05, 4.69) is 18.4 Å². The summed E-state index contributed by atoms with van der Waals surface area (Å²) < 4.78 is 31.9. The Labute approximate surface area is 296 Å². The molecule has 0 amide bonds. The molecular weight excluding hydrogens is 627 g/mol. The summed E-state index contributed by atoms with van der Waals surface area (Å²) >= 11 is 0. The Balaban J connectivity index is 3.98. The lowest BCUT2D eigenvalue weighted by atomic mass is 10.0. The summed E-state index contributed by atoms with van der Waals surface area (Å²) in [4.78, 5) is 34.4. The SMILES string of the molecule is CCCCCCCCCCCCCCCCCCC(=O)OC(COC(=O)CCCCCCCCCCCCCCC)COP(=O)(O)OC. The number of ether oxygens (including phenoxy) is 2. The second kappa shape index (κ2) is 35.9.